The highest BCUT2D eigenvalue weighted by Gasteiger charge is 2.12. The highest BCUT2D eigenvalue weighted by atomic mass is 16.6. The van der Waals surface area contributed by atoms with Gasteiger partial charge in [-0.05, 0) is 30.3 Å². The van der Waals surface area contributed by atoms with Gasteiger partial charge >= 0.3 is 0 Å². The molecule has 130 valence electrons. The summed E-state index contributed by atoms with van der Waals surface area (Å²) in [6.45, 7) is 0. The molecule has 8 nitrogen and oxygen atoms in total. The zero-order valence-corrected chi connectivity index (χ0v) is 13.4. The van der Waals surface area contributed by atoms with Crippen molar-refractivity contribution in [2.75, 3.05) is 0 Å². The van der Waals surface area contributed by atoms with Crippen molar-refractivity contribution in [2.45, 2.75) is 0 Å². The van der Waals surface area contributed by atoms with Crippen LogP contribution in [0, 0.1) is 10.1 Å². The maximum atomic E-state index is 12.4. The molecule has 3 aromatic rings. The van der Waals surface area contributed by atoms with Crippen LogP contribution in [0.2, 0.25) is 0 Å². The third kappa shape index (κ3) is 3.59. The first-order valence-electron chi connectivity index (χ1n) is 7.59. The monoisotopic (exact) mass is 350 g/mol. The molecule has 1 amide bonds. The lowest BCUT2D eigenvalue weighted by molar-refractivity contribution is -0.384. The summed E-state index contributed by atoms with van der Waals surface area (Å²) < 4.78 is 1.80. The van der Waals surface area contributed by atoms with Gasteiger partial charge in [0.05, 0.1) is 22.4 Å². The molecule has 0 saturated carbocycles. The predicted molar refractivity (Wildman–Crippen MR) is 95.6 cm³/mol. The van der Waals surface area contributed by atoms with Gasteiger partial charge in [0.15, 0.2) is 0 Å². The van der Waals surface area contributed by atoms with E-state index >= 15 is 0 Å². The Hall–Kier alpha value is -3.94. The Morgan fingerprint density at radius 2 is 1.88 bits per heavy atom. The zero-order valence-electron chi connectivity index (χ0n) is 13.4. The fourth-order valence-corrected chi connectivity index (χ4v) is 2.37. The Kier molecular flexibility index (Phi) is 4.75. The first-order chi connectivity index (χ1) is 12.6. The number of aromatic hydroxyl groups is 1. The Balaban J connectivity index is 1.79. The number of nitro groups is 1. The molecule has 1 aromatic heterocycles. The van der Waals surface area contributed by atoms with Crippen LogP contribution < -0.4 is 5.43 Å². The smallest absolute Gasteiger partial charge is 0.273 e. The normalized spacial score (nSPS) is 10.8. The molecule has 2 aromatic carbocycles. The number of nitro benzene ring substituents is 1. The van der Waals surface area contributed by atoms with E-state index in [4.69, 9.17) is 0 Å². The molecule has 0 bridgehead atoms. The summed E-state index contributed by atoms with van der Waals surface area (Å²) in [6, 6.07) is 14.2. The Morgan fingerprint density at radius 1 is 1.15 bits per heavy atom. The van der Waals surface area contributed by atoms with Gasteiger partial charge in [-0.3, -0.25) is 14.9 Å². The Morgan fingerprint density at radius 3 is 2.62 bits per heavy atom. The highest BCUT2D eigenvalue weighted by Crippen LogP contribution is 2.21. The van der Waals surface area contributed by atoms with E-state index < -0.39 is 10.8 Å². The summed E-state index contributed by atoms with van der Waals surface area (Å²) in [6.07, 6.45) is 4.78. The molecule has 0 aliphatic rings. The molecule has 0 aliphatic carbocycles. The number of nitrogens with zero attached hydrogens (tertiary/aromatic N) is 3. The number of amides is 1. The van der Waals surface area contributed by atoms with Crippen LogP contribution in [0.5, 0.6) is 5.75 Å². The number of phenolic OH excluding ortho intramolecular Hbond substituents is 1. The van der Waals surface area contributed by atoms with Crippen molar-refractivity contribution in [3.05, 3.63) is 88.2 Å². The van der Waals surface area contributed by atoms with Gasteiger partial charge in [0.1, 0.15) is 5.75 Å². The molecule has 1 heterocycles. The van der Waals surface area contributed by atoms with Crippen molar-refractivity contribution in [1.82, 2.24) is 9.99 Å². The summed E-state index contributed by atoms with van der Waals surface area (Å²) >= 11 is 0. The molecular weight excluding hydrogens is 336 g/mol. The van der Waals surface area contributed by atoms with E-state index in [1.807, 2.05) is 30.6 Å². The van der Waals surface area contributed by atoms with Crippen molar-refractivity contribution < 1.29 is 14.8 Å². The molecule has 0 fully saturated rings. The molecule has 0 atom stereocenters. The van der Waals surface area contributed by atoms with Crippen molar-refractivity contribution in [3.8, 4) is 11.4 Å². The quantitative estimate of drug-likeness (QED) is 0.419. The average molecular weight is 350 g/mol. The van der Waals surface area contributed by atoms with Gasteiger partial charge in [0.2, 0.25) is 0 Å². The van der Waals surface area contributed by atoms with Crippen LogP contribution in [0.25, 0.3) is 5.69 Å². The van der Waals surface area contributed by atoms with Gasteiger partial charge in [-0.25, -0.2) is 5.43 Å². The topological polar surface area (TPSA) is 110 Å². The van der Waals surface area contributed by atoms with Gasteiger partial charge < -0.3 is 9.67 Å². The highest BCUT2D eigenvalue weighted by molar-refractivity contribution is 5.98. The van der Waals surface area contributed by atoms with Crippen LogP contribution in [-0.2, 0) is 0 Å². The molecule has 26 heavy (non-hydrogen) atoms. The lowest BCUT2D eigenvalue weighted by Crippen LogP contribution is -2.19. The molecule has 0 radical (unpaired) electrons. The van der Waals surface area contributed by atoms with Crippen LogP contribution in [0.4, 0.5) is 5.69 Å². The third-order valence-corrected chi connectivity index (χ3v) is 3.62. The van der Waals surface area contributed by atoms with E-state index in [1.54, 1.807) is 22.8 Å². The molecule has 0 spiro atoms. The van der Waals surface area contributed by atoms with Gasteiger partial charge in [0, 0.05) is 30.1 Å². The van der Waals surface area contributed by atoms with Gasteiger partial charge in [-0.15, -0.1) is 0 Å². The summed E-state index contributed by atoms with van der Waals surface area (Å²) in [5.74, 6) is -0.628. The van der Waals surface area contributed by atoms with Crippen molar-refractivity contribution in [3.63, 3.8) is 0 Å². The number of benzene rings is 2. The number of para-hydroxylation sites is 1. The number of aromatic nitrogens is 1. The van der Waals surface area contributed by atoms with Gasteiger partial charge in [0.25, 0.3) is 11.6 Å². The molecule has 8 heteroatoms. The number of carbonyl (C=O) groups is 1. The van der Waals surface area contributed by atoms with E-state index in [2.05, 4.69) is 10.5 Å². The molecule has 0 saturated heterocycles. The van der Waals surface area contributed by atoms with Crippen LogP contribution in [0.1, 0.15) is 15.9 Å². The summed E-state index contributed by atoms with van der Waals surface area (Å²) in [5, 5.41) is 24.3. The largest absolute Gasteiger partial charge is 0.507 e. The second-order valence-corrected chi connectivity index (χ2v) is 5.31. The minimum Gasteiger partial charge on any atom is -0.507 e. The number of nitrogens with one attached hydrogen (secondary N) is 1. The fraction of sp³-hybridized carbons (Fsp3) is 0. The van der Waals surface area contributed by atoms with Crippen LogP contribution in [0.15, 0.2) is 72.1 Å². The lowest BCUT2D eigenvalue weighted by atomic mass is 10.1. The number of hydrazone groups is 1. The van der Waals surface area contributed by atoms with Gasteiger partial charge in [-0.1, -0.05) is 12.1 Å². The number of non-ortho nitro benzene ring substituents is 1. The standard InChI is InChI=1S/C18H14N4O4/c23-17-8-7-14(22(25)26)11-13(17)12-19-20-18(24)15-5-1-2-6-16(15)21-9-3-4-10-21/h1-12,23H,(H,20,24)/b19-12+. The van der Waals surface area contributed by atoms with Crippen LogP contribution in [0.3, 0.4) is 0 Å². The Bertz CT molecular complexity index is 981. The van der Waals surface area contributed by atoms with Crippen LogP contribution in [-0.4, -0.2) is 26.7 Å². The summed E-state index contributed by atoms with van der Waals surface area (Å²) in [5.41, 5.74) is 3.39. The second kappa shape index (κ2) is 7.31. The number of hydrogen-bond donors (Lipinski definition) is 2. The first-order valence-corrected chi connectivity index (χ1v) is 7.59. The van der Waals surface area contributed by atoms with Crippen molar-refractivity contribution >= 4 is 17.8 Å². The van der Waals surface area contributed by atoms with E-state index in [1.165, 1.54) is 18.2 Å². The number of phenols is 1. The lowest BCUT2D eigenvalue weighted by Gasteiger charge is -2.09. The average Bonchev–Trinajstić information content (AvgIpc) is 3.17. The number of hydrogen-bond acceptors (Lipinski definition) is 5. The molecule has 0 unspecified atom stereocenters. The predicted octanol–water partition coefficient (Wildman–Crippen LogP) is 2.86. The Labute approximate surface area is 148 Å². The molecule has 2 N–H and O–H groups in total. The van der Waals surface area contributed by atoms with E-state index in [0.29, 0.717) is 11.3 Å². The minimum absolute atomic E-state index is 0.123. The summed E-state index contributed by atoms with van der Waals surface area (Å²) in [7, 11) is 0. The minimum atomic E-state index is -0.581. The molecule has 3 rings (SSSR count). The van der Waals surface area contributed by atoms with Crippen LogP contribution >= 0.6 is 0 Å². The first kappa shape index (κ1) is 16.9. The fourth-order valence-electron chi connectivity index (χ4n) is 2.37. The summed E-state index contributed by atoms with van der Waals surface area (Å²) in [4.78, 5) is 22.6. The number of rotatable bonds is 5. The van der Waals surface area contributed by atoms with E-state index in [-0.39, 0.29) is 17.0 Å². The zero-order chi connectivity index (χ0) is 18.5. The molecular formula is C18H14N4O4. The number of carbonyl (C=O) groups excluding carboxylic acids is 1. The maximum absolute atomic E-state index is 12.4. The van der Waals surface area contributed by atoms with Crippen molar-refractivity contribution in [2.24, 2.45) is 5.10 Å². The van der Waals surface area contributed by atoms with Gasteiger partial charge in [-0.2, -0.15) is 5.10 Å². The molecule has 0 aliphatic heterocycles. The maximum Gasteiger partial charge on any atom is 0.273 e. The SMILES string of the molecule is O=C(N/N=C/c1cc([N+](=O)[O-])ccc1O)c1ccccc1-n1cccc1. The van der Waals surface area contributed by atoms with E-state index in [0.717, 1.165) is 6.21 Å². The second-order valence-electron chi connectivity index (χ2n) is 5.31. The third-order valence-electron chi connectivity index (χ3n) is 3.62. The van der Waals surface area contributed by atoms with E-state index in [9.17, 15) is 20.0 Å². The van der Waals surface area contributed by atoms with Crippen molar-refractivity contribution in [1.29, 1.82) is 0 Å².